The van der Waals surface area contributed by atoms with E-state index in [1.165, 1.54) is 4.90 Å². The van der Waals surface area contributed by atoms with Crippen molar-refractivity contribution in [2.24, 2.45) is 5.73 Å². The molecule has 0 aromatic carbocycles. The molecule has 0 aromatic rings. The molecule has 4 N–H and O–H groups in total. The van der Waals surface area contributed by atoms with Gasteiger partial charge in [0, 0.05) is 12.6 Å². The number of nitrogens with one attached hydrogen (secondary N) is 1. The molecule has 1 heterocycles. The van der Waals surface area contributed by atoms with Gasteiger partial charge in [-0.3, -0.25) is 19.8 Å². The molecular formula is C9H15N3O6S. The number of carboxylic acid groups (broad SMARTS) is 1. The summed E-state index contributed by atoms with van der Waals surface area (Å²) in [6, 6.07) is -1.79. The Balaban J connectivity index is 2.71. The summed E-state index contributed by atoms with van der Waals surface area (Å²) in [5.74, 6) is -2.31. The summed E-state index contributed by atoms with van der Waals surface area (Å²) in [6.07, 6.45) is -0.386. The van der Waals surface area contributed by atoms with Crippen LogP contribution in [-0.4, -0.2) is 67.0 Å². The van der Waals surface area contributed by atoms with E-state index in [1.54, 1.807) is 0 Å². The highest BCUT2D eigenvalue weighted by Gasteiger charge is 2.33. The van der Waals surface area contributed by atoms with Crippen molar-refractivity contribution in [1.82, 2.24) is 10.2 Å². The molecule has 0 spiro atoms. The van der Waals surface area contributed by atoms with Crippen LogP contribution in [0, 0.1) is 0 Å². The first-order valence-corrected chi connectivity index (χ1v) is 7.27. The number of hydrogen-bond acceptors (Lipinski definition) is 6. The first-order chi connectivity index (χ1) is 8.69. The molecule has 10 heteroatoms. The Labute approximate surface area is 109 Å². The van der Waals surface area contributed by atoms with Crippen LogP contribution in [0.5, 0.6) is 0 Å². The lowest BCUT2D eigenvalue weighted by Gasteiger charge is -2.33. The van der Waals surface area contributed by atoms with E-state index in [1.807, 2.05) is 5.32 Å². The van der Waals surface area contributed by atoms with Crippen molar-refractivity contribution < 1.29 is 27.9 Å². The predicted molar refractivity (Wildman–Crippen MR) is 64.0 cm³/mol. The number of aliphatic carboxylic acids is 1. The lowest BCUT2D eigenvalue weighted by atomic mass is 10.2. The monoisotopic (exact) mass is 293 g/mol. The second-order valence-corrected chi connectivity index (χ2v) is 6.48. The molecule has 1 rings (SSSR count). The standard InChI is InChI=1S/C9H15N3O6S/c10-9(16)11-7(13)4-12-1-2-19(17,18)5-6(12)3-8(14)15/h6H,1-5H2,(H,14,15)(H3,10,11,13,16). The lowest BCUT2D eigenvalue weighted by molar-refractivity contribution is -0.138. The van der Waals surface area contributed by atoms with E-state index in [-0.39, 0.29) is 31.0 Å². The number of urea groups is 1. The summed E-state index contributed by atoms with van der Waals surface area (Å²) in [6.45, 7) is -0.219. The van der Waals surface area contributed by atoms with Crippen molar-refractivity contribution in [2.75, 3.05) is 24.6 Å². The van der Waals surface area contributed by atoms with Crippen LogP contribution in [-0.2, 0) is 19.4 Å². The molecular weight excluding hydrogens is 278 g/mol. The summed E-state index contributed by atoms with van der Waals surface area (Å²) in [5.41, 5.74) is 4.78. The van der Waals surface area contributed by atoms with E-state index in [9.17, 15) is 22.8 Å². The number of nitrogens with zero attached hydrogens (tertiary/aromatic N) is 1. The van der Waals surface area contributed by atoms with E-state index >= 15 is 0 Å². The van der Waals surface area contributed by atoms with E-state index in [0.29, 0.717) is 0 Å². The van der Waals surface area contributed by atoms with Gasteiger partial charge in [0.05, 0.1) is 24.5 Å². The molecule has 1 saturated heterocycles. The molecule has 0 bridgehead atoms. The molecule has 3 amide bonds. The average Bonchev–Trinajstić information content (AvgIpc) is 2.19. The van der Waals surface area contributed by atoms with Gasteiger partial charge in [0.1, 0.15) is 0 Å². The van der Waals surface area contributed by atoms with Crippen molar-refractivity contribution in [3.63, 3.8) is 0 Å². The Bertz CT molecular complexity index is 488. The fourth-order valence-electron chi connectivity index (χ4n) is 1.88. The van der Waals surface area contributed by atoms with Gasteiger partial charge < -0.3 is 10.8 Å². The predicted octanol–water partition coefficient (Wildman–Crippen LogP) is -2.24. The molecule has 0 aromatic heterocycles. The van der Waals surface area contributed by atoms with Crippen LogP contribution in [0.3, 0.4) is 0 Å². The van der Waals surface area contributed by atoms with Crippen molar-refractivity contribution in [2.45, 2.75) is 12.5 Å². The van der Waals surface area contributed by atoms with Crippen LogP contribution >= 0.6 is 0 Å². The molecule has 1 aliphatic rings. The summed E-state index contributed by atoms with van der Waals surface area (Å²) in [4.78, 5) is 34.0. The van der Waals surface area contributed by atoms with Gasteiger partial charge in [-0.05, 0) is 0 Å². The van der Waals surface area contributed by atoms with Crippen LogP contribution in [0.4, 0.5) is 4.79 Å². The second-order valence-electron chi connectivity index (χ2n) is 4.25. The van der Waals surface area contributed by atoms with E-state index < -0.39 is 33.8 Å². The van der Waals surface area contributed by atoms with Gasteiger partial charge in [-0.25, -0.2) is 13.2 Å². The third-order valence-electron chi connectivity index (χ3n) is 2.67. The average molecular weight is 293 g/mol. The van der Waals surface area contributed by atoms with Gasteiger partial charge in [-0.15, -0.1) is 0 Å². The molecule has 0 aliphatic carbocycles. The van der Waals surface area contributed by atoms with Crippen LogP contribution in [0.2, 0.25) is 0 Å². The highest BCUT2D eigenvalue weighted by atomic mass is 32.2. The van der Waals surface area contributed by atoms with Crippen molar-refractivity contribution >= 4 is 27.7 Å². The maximum atomic E-state index is 11.5. The highest BCUT2D eigenvalue weighted by Crippen LogP contribution is 2.14. The summed E-state index contributed by atoms with van der Waals surface area (Å²) in [5, 5.41) is 10.6. The summed E-state index contributed by atoms with van der Waals surface area (Å²) < 4.78 is 22.9. The van der Waals surface area contributed by atoms with E-state index in [2.05, 4.69) is 0 Å². The zero-order chi connectivity index (χ0) is 14.6. The number of amides is 3. The number of hydrogen-bond donors (Lipinski definition) is 3. The highest BCUT2D eigenvalue weighted by molar-refractivity contribution is 7.91. The van der Waals surface area contributed by atoms with Gasteiger partial charge in [0.25, 0.3) is 0 Å². The third-order valence-corrected chi connectivity index (χ3v) is 4.37. The molecule has 1 unspecified atom stereocenters. The smallest absolute Gasteiger partial charge is 0.318 e. The van der Waals surface area contributed by atoms with Crippen LogP contribution < -0.4 is 11.1 Å². The zero-order valence-corrected chi connectivity index (χ0v) is 10.9. The Kier molecular flexibility index (Phi) is 4.84. The Morgan fingerprint density at radius 2 is 2.00 bits per heavy atom. The van der Waals surface area contributed by atoms with Crippen molar-refractivity contribution in [3.8, 4) is 0 Å². The van der Waals surface area contributed by atoms with Crippen LogP contribution in [0.25, 0.3) is 0 Å². The van der Waals surface area contributed by atoms with Gasteiger partial charge in [-0.1, -0.05) is 0 Å². The minimum Gasteiger partial charge on any atom is -0.481 e. The molecule has 0 radical (unpaired) electrons. The minimum absolute atomic E-state index is 0.0481. The van der Waals surface area contributed by atoms with E-state index in [4.69, 9.17) is 10.8 Å². The topological polar surface area (TPSA) is 147 Å². The maximum Gasteiger partial charge on any atom is 0.318 e. The molecule has 1 atom stereocenters. The molecule has 108 valence electrons. The Morgan fingerprint density at radius 1 is 1.37 bits per heavy atom. The number of carboxylic acids is 1. The molecule has 0 saturated carbocycles. The Morgan fingerprint density at radius 3 is 2.53 bits per heavy atom. The number of sulfone groups is 1. The maximum absolute atomic E-state index is 11.5. The second kappa shape index (κ2) is 5.97. The van der Waals surface area contributed by atoms with Gasteiger partial charge in [-0.2, -0.15) is 0 Å². The molecule has 19 heavy (non-hydrogen) atoms. The number of nitrogens with two attached hydrogens (primary N) is 1. The number of primary amides is 1. The SMILES string of the molecule is NC(=O)NC(=O)CN1CCS(=O)(=O)CC1CC(=O)O. The molecule has 9 nitrogen and oxygen atoms in total. The van der Waals surface area contributed by atoms with Crippen LogP contribution in [0.15, 0.2) is 0 Å². The Hall–Kier alpha value is -1.68. The van der Waals surface area contributed by atoms with E-state index in [0.717, 1.165) is 0 Å². The lowest BCUT2D eigenvalue weighted by Crippen LogP contribution is -2.53. The van der Waals surface area contributed by atoms with Crippen LogP contribution in [0.1, 0.15) is 6.42 Å². The molecule has 1 fully saturated rings. The van der Waals surface area contributed by atoms with Crippen molar-refractivity contribution in [1.29, 1.82) is 0 Å². The summed E-state index contributed by atoms with van der Waals surface area (Å²) in [7, 11) is -3.30. The third kappa shape index (κ3) is 5.22. The quantitative estimate of drug-likeness (QED) is 0.530. The summed E-state index contributed by atoms with van der Waals surface area (Å²) >= 11 is 0. The number of imide groups is 1. The van der Waals surface area contributed by atoms with Crippen molar-refractivity contribution in [3.05, 3.63) is 0 Å². The minimum atomic E-state index is -3.30. The van der Waals surface area contributed by atoms with Gasteiger partial charge in [0.2, 0.25) is 5.91 Å². The van der Waals surface area contributed by atoms with Gasteiger partial charge in [0.15, 0.2) is 9.84 Å². The number of rotatable bonds is 4. The number of carbonyl (C=O) groups is 3. The first kappa shape index (κ1) is 15.4. The number of carbonyl (C=O) groups excluding carboxylic acids is 2. The zero-order valence-electron chi connectivity index (χ0n) is 10.0. The largest absolute Gasteiger partial charge is 0.481 e. The fourth-order valence-corrected chi connectivity index (χ4v) is 3.47. The molecule has 1 aliphatic heterocycles. The van der Waals surface area contributed by atoms with Gasteiger partial charge >= 0.3 is 12.0 Å². The normalized spacial score (nSPS) is 22.6. The first-order valence-electron chi connectivity index (χ1n) is 5.45. The fraction of sp³-hybridized carbons (Fsp3) is 0.667.